The Morgan fingerprint density at radius 1 is 1.05 bits per heavy atom. The van der Waals surface area contributed by atoms with Crippen LogP contribution >= 0.6 is 11.6 Å². The molecule has 0 amide bonds. The van der Waals surface area contributed by atoms with Gasteiger partial charge < -0.3 is 10.1 Å². The lowest BCUT2D eigenvalue weighted by molar-refractivity contribution is 0.0500. The molecule has 0 saturated carbocycles. The number of ether oxygens (including phenoxy) is 1. The summed E-state index contributed by atoms with van der Waals surface area (Å²) in [5.41, 5.74) is 1.20. The highest BCUT2D eigenvalue weighted by molar-refractivity contribution is 6.30. The molecule has 0 aromatic heterocycles. The maximum absolute atomic E-state index is 6.06. The first-order chi connectivity index (χ1) is 9.77. The standard InChI is InChI=1S/C17H28ClNO/c1-3-5-6-7-13-20-17(14-19-12-4-2)15-8-10-16(18)11-9-15/h8-11,17,19H,3-7,12-14H2,1-2H3. The third kappa shape index (κ3) is 7.28. The smallest absolute Gasteiger partial charge is 0.0949 e. The number of nitrogens with one attached hydrogen (secondary N) is 1. The van der Waals surface area contributed by atoms with Gasteiger partial charge in [0.1, 0.15) is 0 Å². The lowest BCUT2D eigenvalue weighted by atomic mass is 10.1. The summed E-state index contributed by atoms with van der Waals surface area (Å²) in [6.07, 6.45) is 6.23. The summed E-state index contributed by atoms with van der Waals surface area (Å²) in [7, 11) is 0. The highest BCUT2D eigenvalue weighted by Crippen LogP contribution is 2.20. The molecule has 1 atom stereocenters. The molecule has 1 rings (SSSR count). The van der Waals surface area contributed by atoms with Crippen molar-refractivity contribution in [3.63, 3.8) is 0 Å². The van der Waals surface area contributed by atoms with Gasteiger partial charge in [-0.1, -0.05) is 56.8 Å². The second kappa shape index (κ2) is 11.1. The third-order valence-corrected chi connectivity index (χ3v) is 3.57. The Morgan fingerprint density at radius 3 is 2.45 bits per heavy atom. The molecule has 1 aromatic rings. The summed E-state index contributed by atoms with van der Waals surface area (Å²) in [6.45, 7) is 7.13. The van der Waals surface area contributed by atoms with Gasteiger partial charge in [0.2, 0.25) is 0 Å². The van der Waals surface area contributed by atoms with Crippen molar-refractivity contribution in [2.45, 2.75) is 52.1 Å². The summed E-state index contributed by atoms with van der Waals surface area (Å²) < 4.78 is 6.06. The third-order valence-electron chi connectivity index (χ3n) is 3.32. The molecule has 0 aliphatic carbocycles. The van der Waals surface area contributed by atoms with E-state index in [0.29, 0.717) is 0 Å². The summed E-state index contributed by atoms with van der Waals surface area (Å²) in [5, 5.41) is 4.22. The summed E-state index contributed by atoms with van der Waals surface area (Å²) in [5.74, 6) is 0. The fourth-order valence-corrected chi connectivity index (χ4v) is 2.24. The molecular weight excluding hydrogens is 270 g/mol. The van der Waals surface area contributed by atoms with Crippen LogP contribution < -0.4 is 5.32 Å². The SMILES string of the molecule is CCCCCCOC(CNCCC)c1ccc(Cl)cc1. The Bertz CT molecular complexity index is 339. The van der Waals surface area contributed by atoms with E-state index >= 15 is 0 Å². The van der Waals surface area contributed by atoms with E-state index in [2.05, 4.69) is 31.3 Å². The fraction of sp³-hybridized carbons (Fsp3) is 0.647. The van der Waals surface area contributed by atoms with Crippen LogP contribution in [0.15, 0.2) is 24.3 Å². The molecule has 1 N–H and O–H groups in total. The number of hydrogen-bond acceptors (Lipinski definition) is 2. The van der Waals surface area contributed by atoms with E-state index < -0.39 is 0 Å². The minimum absolute atomic E-state index is 0.125. The van der Waals surface area contributed by atoms with Crippen molar-refractivity contribution in [2.24, 2.45) is 0 Å². The van der Waals surface area contributed by atoms with Gasteiger partial charge in [0.15, 0.2) is 0 Å². The monoisotopic (exact) mass is 297 g/mol. The number of halogens is 1. The first-order valence-corrected chi connectivity index (χ1v) is 8.23. The summed E-state index contributed by atoms with van der Waals surface area (Å²) >= 11 is 5.95. The second-order valence-corrected chi connectivity index (χ2v) is 5.61. The molecule has 2 nitrogen and oxygen atoms in total. The van der Waals surface area contributed by atoms with Gasteiger partial charge in [-0.3, -0.25) is 0 Å². The van der Waals surface area contributed by atoms with Gasteiger partial charge in [-0.2, -0.15) is 0 Å². The lowest BCUT2D eigenvalue weighted by Gasteiger charge is -2.19. The van der Waals surface area contributed by atoms with Gasteiger partial charge in [0, 0.05) is 18.2 Å². The van der Waals surface area contributed by atoms with Crippen molar-refractivity contribution in [2.75, 3.05) is 19.7 Å². The lowest BCUT2D eigenvalue weighted by Crippen LogP contribution is -2.24. The van der Waals surface area contributed by atoms with E-state index in [1.54, 1.807) is 0 Å². The topological polar surface area (TPSA) is 21.3 Å². The normalized spacial score (nSPS) is 12.6. The molecule has 0 spiro atoms. The van der Waals surface area contributed by atoms with E-state index in [1.807, 2.05) is 12.1 Å². The first kappa shape index (κ1) is 17.5. The molecule has 20 heavy (non-hydrogen) atoms. The van der Waals surface area contributed by atoms with Crippen molar-refractivity contribution in [1.82, 2.24) is 5.32 Å². The van der Waals surface area contributed by atoms with Gasteiger partial charge in [-0.25, -0.2) is 0 Å². The van der Waals surface area contributed by atoms with Crippen LogP contribution in [-0.4, -0.2) is 19.7 Å². The van der Waals surface area contributed by atoms with Crippen LogP contribution in [0.1, 0.15) is 57.6 Å². The van der Waals surface area contributed by atoms with Gasteiger partial charge in [0.05, 0.1) is 6.10 Å². The molecule has 1 unspecified atom stereocenters. The maximum atomic E-state index is 6.06. The van der Waals surface area contributed by atoms with E-state index in [0.717, 1.165) is 37.6 Å². The van der Waals surface area contributed by atoms with E-state index in [4.69, 9.17) is 16.3 Å². The van der Waals surface area contributed by atoms with Crippen LogP contribution in [0.4, 0.5) is 0 Å². The van der Waals surface area contributed by atoms with Gasteiger partial charge in [0.25, 0.3) is 0 Å². The molecule has 0 heterocycles. The van der Waals surface area contributed by atoms with Crippen LogP contribution in [0.5, 0.6) is 0 Å². The minimum atomic E-state index is 0.125. The number of unbranched alkanes of at least 4 members (excludes halogenated alkanes) is 3. The molecular formula is C17H28ClNO. The van der Waals surface area contributed by atoms with E-state index in [1.165, 1.54) is 24.8 Å². The van der Waals surface area contributed by atoms with Gasteiger partial charge in [-0.05, 0) is 37.1 Å². The van der Waals surface area contributed by atoms with Crippen LogP contribution in [0.25, 0.3) is 0 Å². The average molecular weight is 298 g/mol. The zero-order valence-corrected chi connectivity index (χ0v) is 13.6. The molecule has 1 aromatic carbocycles. The molecule has 0 fully saturated rings. The maximum Gasteiger partial charge on any atom is 0.0949 e. The largest absolute Gasteiger partial charge is 0.372 e. The van der Waals surface area contributed by atoms with Gasteiger partial charge in [-0.15, -0.1) is 0 Å². The number of hydrogen-bond donors (Lipinski definition) is 1. The predicted octanol–water partition coefficient (Wildman–Crippen LogP) is 4.98. The Morgan fingerprint density at radius 2 is 1.80 bits per heavy atom. The van der Waals surface area contributed by atoms with Gasteiger partial charge >= 0.3 is 0 Å². The number of rotatable bonds is 11. The average Bonchev–Trinajstić information content (AvgIpc) is 2.46. The van der Waals surface area contributed by atoms with Crippen molar-refractivity contribution < 1.29 is 4.74 Å². The molecule has 0 aliphatic heterocycles. The molecule has 0 bridgehead atoms. The van der Waals surface area contributed by atoms with Crippen LogP contribution in [0.3, 0.4) is 0 Å². The Hall–Kier alpha value is -0.570. The minimum Gasteiger partial charge on any atom is -0.372 e. The van der Waals surface area contributed by atoms with Crippen LogP contribution in [0, 0.1) is 0 Å². The highest BCUT2D eigenvalue weighted by Gasteiger charge is 2.11. The van der Waals surface area contributed by atoms with Crippen molar-refractivity contribution >= 4 is 11.6 Å². The fourth-order valence-electron chi connectivity index (χ4n) is 2.11. The zero-order chi connectivity index (χ0) is 14.6. The summed E-state index contributed by atoms with van der Waals surface area (Å²) in [6, 6.07) is 7.99. The van der Waals surface area contributed by atoms with Crippen molar-refractivity contribution in [3.8, 4) is 0 Å². The second-order valence-electron chi connectivity index (χ2n) is 5.18. The first-order valence-electron chi connectivity index (χ1n) is 7.85. The highest BCUT2D eigenvalue weighted by atomic mass is 35.5. The van der Waals surface area contributed by atoms with Crippen LogP contribution in [0.2, 0.25) is 5.02 Å². The van der Waals surface area contributed by atoms with Crippen molar-refractivity contribution in [3.05, 3.63) is 34.9 Å². The predicted molar refractivity (Wildman–Crippen MR) is 87.4 cm³/mol. The molecule has 3 heteroatoms. The van der Waals surface area contributed by atoms with Crippen LogP contribution in [-0.2, 0) is 4.74 Å². The molecule has 0 aliphatic rings. The summed E-state index contributed by atoms with van der Waals surface area (Å²) in [4.78, 5) is 0. The van der Waals surface area contributed by atoms with Crippen molar-refractivity contribution in [1.29, 1.82) is 0 Å². The quantitative estimate of drug-likeness (QED) is 0.582. The van der Waals surface area contributed by atoms with E-state index in [9.17, 15) is 0 Å². The molecule has 114 valence electrons. The molecule has 0 radical (unpaired) electrons. The Labute approximate surface area is 128 Å². The Balaban J connectivity index is 2.44. The Kier molecular flexibility index (Phi) is 9.73. The zero-order valence-electron chi connectivity index (χ0n) is 12.8. The molecule has 0 saturated heterocycles. The number of benzene rings is 1. The van der Waals surface area contributed by atoms with E-state index in [-0.39, 0.29) is 6.10 Å².